The lowest BCUT2D eigenvalue weighted by molar-refractivity contribution is 0.811. The molecule has 0 bridgehead atoms. The van der Waals surface area contributed by atoms with Crippen LogP contribution in [0.15, 0.2) is 91.2 Å². The quantitative estimate of drug-likeness (QED) is 0.537. The Morgan fingerprint density at radius 1 is 1.07 bits per heavy atom. The highest BCUT2D eigenvalue weighted by Gasteiger charge is 2.11. The Morgan fingerprint density at radius 2 is 1.86 bits per heavy atom. The number of rotatable bonds is 7. The molecule has 1 aromatic heterocycles. The highest BCUT2D eigenvalue weighted by Crippen LogP contribution is 2.23. The topological polar surface area (TPSA) is 29.9 Å². The fourth-order valence-electron chi connectivity index (χ4n) is 3.12. The van der Waals surface area contributed by atoms with Gasteiger partial charge < -0.3 is 5.32 Å². The summed E-state index contributed by atoms with van der Waals surface area (Å²) < 4.78 is 2.00. The molecule has 3 aromatic rings. The van der Waals surface area contributed by atoms with Gasteiger partial charge in [0.25, 0.3) is 0 Å². The van der Waals surface area contributed by atoms with Crippen LogP contribution in [0.4, 0.5) is 0 Å². The highest BCUT2D eigenvalue weighted by molar-refractivity contribution is 5.75. The molecule has 0 radical (unpaired) electrons. The van der Waals surface area contributed by atoms with Gasteiger partial charge in [-0.15, -0.1) is 0 Å². The van der Waals surface area contributed by atoms with Crippen LogP contribution in [0.2, 0.25) is 0 Å². The van der Waals surface area contributed by atoms with Crippen molar-refractivity contribution >= 4 is 5.57 Å². The predicted molar refractivity (Wildman–Crippen MR) is 118 cm³/mol. The third-order valence-corrected chi connectivity index (χ3v) is 4.46. The summed E-state index contributed by atoms with van der Waals surface area (Å²) in [5.74, 6) is 0. The van der Waals surface area contributed by atoms with Crippen LogP contribution in [-0.4, -0.2) is 9.78 Å². The molecule has 0 spiro atoms. The van der Waals surface area contributed by atoms with E-state index in [4.69, 9.17) is 5.10 Å². The SMILES string of the molecule is C=C/C=C(\C=C(/C)NCc1ccccc1)c1cc(C)nn1-c1cccc(C)c1. The number of hydrogen-bond acceptors (Lipinski definition) is 2. The minimum absolute atomic E-state index is 0.792. The van der Waals surface area contributed by atoms with Crippen molar-refractivity contribution in [2.45, 2.75) is 27.3 Å². The Morgan fingerprint density at radius 3 is 2.57 bits per heavy atom. The molecule has 0 aliphatic rings. The van der Waals surface area contributed by atoms with E-state index in [9.17, 15) is 0 Å². The van der Waals surface area contributed by atoms with Crippen LogP contribution >= 0.6 is 0 Å². The first kappa shape index (κ1) is 19.4. The number of benzene rings is 2. The molecule has 1 N–H and O–H groups in total. The monoisotopic (exact) mass is 369 g/mol. The molecule has 0 aliphatic heterocycles. The summed E-state index contributed by atoms with van der Waals surface area (Å²) in [5.41, 5.74) is 7.70. The molecule has 0 amide bonds. The average molecular weight is 370 g/mol. The molecule has 28 heavy (non-hydrogen) atoms. The minimum atomic E-state index is 0.792. The maximum atomic E-state index is 4.72. The van der Waals surface area contributed by atoms with Crippen molar-refractivity contribution in [2.75, 3.05) is 0 Å². The van der Waals surface area contributed by atoms with Crippen molar-refractivity contribution in [2.24, 2.45) is 0 Å². The predicted octanol–water partition coefficient (Wildman–Crippen LogP) is 5.75. The van der Waals surface area contributed by atoms with E-state index in [2.05, 4.69) is 86.4 Å². The Balaban J connectivity index is 1.90. The Kier molecular flexibility index (Phi) is 6.28. The lowest BCUT2D eigenvalue weighted by Crippen LogP contribution is -2.11. The number of hydrogen-bond donors (Lipinski definition) is 1. The molecule has 0 saturated carbocycles. The van der Waals surface area contributed by atoms with Crippen LogP contribution < -0.4 is 5.32 Å². The van der Waals surface area contributed by atoms with Crippen LogP contribution in [0.5, 0.6) is 0 Å². The van der Waals surface area contributed by atoms with E-state index in [1.54, 1.807) is 0 Å². The van der Waals surface area contributed by atoms with Crippen molar-refractivity contribution in [3.8, 4) is 5.69 Å². The largest absolute Gasteiger partial charge is 0.384 e. The van der Waals surface area contributed by atoms with Crippen LogP contribution in [-0.2, 0) is 6.54 Å². The number of nitrogens with zero attached hydrogens (tertiary/aromatic N) is 2. The molecule has 0 fully saturated rings. The summed E-state index contributed by atoms with van der Waals surface area (Å²) in [4.78, 5) is 0. The molecular formula is C25H27N3. The van der Waals surface area contributed by atoms with E-state index in [0.717, 1.165) is 34.9 Å². The van der Waals surface area contributed by atoms with Crippen molar-refractivity contribution in [3.05, 3.63) is 114 Å². The molecule has 3 rings (SSSR count). The zero-order valence-electron chi connectivity index (χ0n) is 16.8. The highest BCUT2D eigenvalue weighted by atomic mass is 15.3. The first-order valence-electron chi connectivity index (χ1n) is 9.49. The second kappa shape index (κ2) is 9.05. The Hall–Kier alpha value is -3.33. The lowest BCUT2D eigenvalue weighted by Gasteiger charge is -2.11. The van der Waals surface area contributed by atoms with Gasteiger partial charge in [-0.2, -0.15) is 5.10 Å². The molecule has 1 heterocycles. The second-order valence-electron chi connectivity index (χ2n) is 6.95. The van der Waals surface area contributed by atoms with E-state index in [-0.39, 0.29) is 0 Å². The van der Waals surface area contributed by atoms with E-state index < -0.39 is 0 Å². The molecular weight excluding hydrogens is 342 g/mol. The Labute approximate surface area is 167 Å². The van der Waals surface area contributed by atoms with Gasteiger partial charge in [0.15, 0.2) is 0 Å². The smallest absolute Gasteiger partial charge is 0.0744 e. The molecule has 2 aromatic carbocycles. The summed E-state index contributed by atoms with van der Waals surface area (Å²) in [5, 5.41) is 8.21. The molecule has 0 unspecified atom stereocenters. The third kappa shape index (κ3) is 4.89. The molecule has 3 nitrogen and oxygen atoms in total. The minimum Gasteiger partial charge on any atom is -0.384 e. The van der Waals surface area contributed by atoms with Gasteiger partial charge in [0.2, 0.25) is 0 Å². The molecule has 0 aliphatic carbocycles. The summed E-state index contributed by atoms with van der Waals surface area (Å²) >= 11 is 0. The number of aryl methyl sites for hydroxylation is 2. The average Bonchev–Trinajstić information content (AvgIpc) is 3.09. The van der Waals surface area contributed by atoms with Crippen molar-refractivity contribution in [1.29, 1.82) is 0 Å². The zero-order chi connectivity index (χ0) is 19.9. The fourth-order valence-corrected chi connectivity index (χ4v) is 3.12. The van der Waals surface area contributed by atoms with Gasteiger partial charge in [0.1, 0.15) is 0 Å². The standard InChI is InChI=1S/C25H27N3/c1-5-10-23(16-20(3)26-18-22-12-7-6-8-13-22)25-17-21(4)27-28(25)24-14-9-11-19(2)15-24/h5-17,26H,1,18H2,2-4H3/b20-16+,23-10+. The lowest BCUT2D eigenvalue weighted by atomic mass is 10.1. The van der Waals surface area contributed by atoms with Gasteiger partial charge in [0.05, 0.1) is 17.1 Å². The van der Waals surface area contributed by atoms with Crippen LogP contribution in [0.1, 0.15) is 29.4 Å². The van der Waals surface area contributed by atoms with E-state index in [1.807, 2.05) is 29.8 Å². The summed E-state index contributed by atoms with van der Waals surface area (Å²) in [7, 11) is 0. The van der Waals surface area contributed by atoms with Crippen LogP contribution in [0.3, 0.4) is 0 Å². The van der Waals surface area contributed by atoms with Gasteiger partial charge in [-0.05, 0) is 56.2 Å². The summed E-state index contributed by atoms with van der Waals surface area (Å²) in [6.07, 6.45) is 5.99. The first-order chi connectivity index (χ1) is 13.6. The number of nitrogens with one attached hydrogen (secondary N) is 1. The van der Waals surface area contributed by atoms with Crippen LogP contribution in [0, 0.1) is 13.8 Å². The molecule has 0 atom stereocenters. The van der Waals surface area contributed by atoms with Crippen molar-refractivity contribution in [1.82, 2.24) is 15.1 Å². The van der Waals surface area contributed by atoms with Gasteiger partial charge in [-0.3, -0.25) is 0 Å². The normalized spacial score (nSPS) is 12.1. The van der Waals surface area contributed by atoms with Crippen molar-refractivity contribution in [3.63, 3.8) is 0 Å². The van der Waals surface area contributed by atoms with E-state index >= 15 is 0 Å². The van der Waals surface area contributed by atoms with E-state index in [1.165, 1.54) is 11.1 Å². The Bertz CT molecular complexity index is 1010. The number of aromatic nitrogens is 2. The zero-order valence-corrected chi connectivity index (χ0v) is 16.8. The fraction of sp³-hybridized carbons (Fsp3) is 0.160. The third-order valence-electron chi connectivity index (χ3n) is 4.46. The van der Waals surface area contributed by atoms with Crippen molar-refractivity contribution < 1.29 is 0 Å². The maximum Gasteiger partial charge on any atom is 0.0744 e. The van der Waals surface area contributed by atoms with Gasteiger partial charge in [-0.1, -0.05) is 61.2 Å². The molecule has 142 valence electrons. The first-order valence-corrected chi connectivity index (χ1v) is 9.49. The van der Waals surface area contributed by atoms with Gasteiger partial charge in [0, 0.05) is 17.8 Å². The van der Waals surface area contributed by atoms with Gasteiger partial charge in [-0.25, -0.2) is 4.68 Å². The maximum absolute atomic E-state index is 4.72. The summed E-state index contributed by atoms with van der Waals surface area (Å²) in [6, 6.07) is 20.9. The van der Waals surface area contributed by atoms with Crippen LogP contribution in [0.25, 0.3) is 11.3 Å². The molecule has 0 saturated heterocycles. The van der Waals surface area contributed by atoms with E-state index in [0.29, 0.717) is 0 Å². The second-order valence-corrected chi connectivity index (χ2v) is 6.95. The van der Waals surface area contributed by atoms with Gasteiger partial charge >= 0.3 is 0 Å². The number of allylic oxidation sites excluding steroid dienone is 5. The summed E-state index contributed by atoms with van der Waals surface area (Å²) in [6.45, 7) is 10.9. The molecule has 3 heteroatoms.